The Kier molecular flexibility index (Phi) is 4.47. The third-order valence-corrected chi connectivity index (χ3v) is 5.04. The second kappa shape index (κ2) is 6.41. The van der Waals surface area contributed by atoms with Gasteiger partial charge < -0.3 is 9.64 Å². The van der Waals surface area contributed by atoms with E-state index in [1.54, 1.807) is 24.3 Å². The second-order valence-electron chi connectivity index (χ2n) is 5.89. The van der Waals surface area contributed by atoms with Crippen molar-refractivity contribution >= 4 is 15.7 Å². The molecule has 1 aliphatic rings. The highest BCUT2D eigenvalue weighted by molar-refractivity contribution is 7.89. The summed E-state index contributed by atoms with van der Waals surface area (Å²) in [6.07, 6.45) is 0.749. The predicted octanol–water partition coefficient (Wildman–Crippen LogP) is 2.30. The minimum absolute atomic E-state index is 0.131. The molecule has 0 fully saturated rings. The number of hydrogen-bond acceptors (Lipinski definition) is 4. The van der Waals surface area contributed by atoms with Gasteiger partial charge in [-0.2, -0.15) is 0 Å². The Balaban J connectivity index is 1.70. The Hall–Kier alpha value is -2.12. The van der Waals surface area contributed by atoms with Gasteiger partial charge in [-0.3, -0.25) is 0 Å². The smallest absolute Gasteiger partial charge is 0.238 e. The molecular formula is C17H19FN2O3S. The number of primary sulfonamides is 1. The lowest BCUT2D eigenvalue weighted by Gasteiger charge is -2.25. The van der Waals surface area contributed by atoms with Crippen LogP contribution in [0, 0.1) is 5.82 Å². The monoisotopic (exact) mass is 350 g/mol. The van der Waals surface area contributed by atoms with Gasteiger partial charge >= 0.3 is 0 Å². The van der Waals surface area contributed by atoms with E-state index < -0.39 is 10.0 Å². The first-order chi connectivity index (χ1) is 11.3. The van der Waals surface area contributed by atoms with Crippen LogP contribution < -0.4 is 14.8 Å². The van der Waals surface area contributed by atoms with Crippen LogP contribution in [0.5, 0.6) is 5.75 Å². The summed E-state index contributed by atoms with van der Waals surface area (Å²) in [5, 5.41) is 5.18. The number of sulfonamides is 1. The second-order valence-corrected chi connectivity index (χ2v) is 7.45. The maximum atomic E-state index is 13.1. The van der Waals surface area contributed by atoms with Crippen molar-refractivity contribution < 1.29 is 17.5 Å². The molecule has 128 valence electrons. The SMILES string of the molecule is C[C@@H]1Cc2cc(S(N)(=O)=O)ccc2N1CCOc1cccc(F)c1. The summed E-state index contributed by atoms with van der Waals surface area (Å²) in [5.74, 6) is 0.162. The third-order valence-electron chi connectivity index (χ3n) is 4.13. The Bertz CT molecular complexity index is 855. The van der Waals surface area contributed by atoms with Crippen molar-refractivity contribution in [3.8, 4) is 5.75 Å². The lowest BCUT2D eigenvalue weighted by atomic mass is 10.1. The molecule has 1 atom stereocenters. The van der Waals surface area contributed by atoms with Gasteiger partial charge in [0.2, 0.25) is 10.0 Å². The number of ether oxygens (including phenoxy) is 1. The van der Waals surface area contributed by atoms with E-state index in [-0.39, 0.29) is 16.8 Å². The molecule has 0 spiro atoms. The summed E-state index contributed by atoms with van der Waals surface area (Å²) in [4.78, 5) is 2.29. The third kappa shape index (κ3) is 3.52. The molecule has 0 bridgehead atoms. The number of benzene rings is 2. The number of halogens is 1. The zero-order valence-corrected chi connectivity index (χ0v) is 14.1. The van der Waals surface area contributed by atoms with Gasteiger partial charge in [0.25, 0.3) is 0 Å². The van der Waals surface area contributed by atoms with Crippen LogP contribution in [0.25, 0.3) is 0 Å². The van der Waals surface area contributed by atoms with E-state index in [9.17, 15) is 12.8 Å². The molecule has 24 heavy (non-hydrogen) atoms. The van der Waals surface area contributed by atoms with Gasteiger partial charge in [0, 0.05) is 17.8 Å². The van der Waals surface area contributed by atoms with E-state index in [1.807, 2.05) is 0 Å². The quantitative estimate of drug-likeness (QED) is 0.898. The van der Waals surface area contributed by atoms with Crippen LogP contribution in [-0.2, 0) is 16.4 Å². The summed E-state index contributed by atoms with van der Waals surface area (Å²) in [6, 6.07) is 11.2. The Morgan fingerprint density at radius 3 is 2.79 bits per heavy atom. The number of anilines is 1. The molecule has 0 aromatic heterocycles. The molecule has 0 aliphatic carbocycles. The van der Waals surface area contributed by atoms with Crippen LogP contribution in [0.1, 0.15) is 12.5 Å². The van der Waals surface area contributed by atoms with E-state index in [2.05, 4.69) is 11.8 Å². The molecule has 0 unspecified atom stereocenters. The van der Waals surface area contributed by atoms with E-state index in [4.69, 9.17) is 9.88 Å². The molecule has 7 heteroatoms. The number of rotatable bonds is 5. The topological polar surface area (TPSA) is 72.6 Å². The predicted molar refractivity (Wildman–Crippen MR) is 90.2 cm³/mol. The average molecular weight is 350 g/mol. The molecular weight excluding hydrogens is 331 g/mol. The fourth-order valence-corrected chi connectivity index (χ4v) is 3.57. The van der Waals surface area contributed by atoms with Crippen LogP contribution in [-0.4, -0.2) is 27.6 Å². The number of nitrogens with zero attached hydrogens (tertiary/aromatic N) is 1. The van der Waals surface area contributed by atoms with Gasteiger partial charge in [-0.25, -0.2) is 17.9 Å². The average Bonchev–Trinajstić information content (AvgIpc) is 2.82. The van der Waals surface area contributed by atoms with Gasteiger partial charge in [0.1, 0.15) is 18.2 Å². The number of nitrogens with two attached hydrogens (primary N) is 1. The summed E-state index contributed by atoms with van der Waals surface area (Å²) in [5.41, 5.74) is 1.94. The Morgan fingerprint density at radius 2 is 2.08 bits per heavy atom. The van der Waals surface area contributed by atoms with Crippen LogP contribution in [0.2, 0.25) is 0 Å². The largest absolute Gasteiger partial charge is 0.492 e. The minimum atomic E-state index is -3.70. The first-order valence-corrected chi connectivity index (χ1v) is 9.20. The highest BCUT2D eigenvalue weighted by Gasteiger charge is 2.27. The molecule has 5 nitrogen and oxygen atoms in total. The molecule has 2 aromatic rings. The van der Waals surface area contributed by atoms with Crippen molar-refractivity contribution in [2.24, 2.45) is 5.14 Å². The molecule has 0 radical (unpaired) electrons. The Morgan fingerprint density at radius 1 is 1.29 bits per heavy atom. The van der Waals surface area contributed by atoms with E-state index >= 15 is 0 Å². The number of fused-ring (bicyclic) bond motifs is 1. The van der Waals surface area contributed by atoms with Gasteiger partial charge in [0.05, 0.1) is 11.4 Å². The van der Waals surface area contributed by atoms with Crippen LogP contribution in [0.4, 0.5) is 10.1 Å². The maximum Gasteiger partial charge on any atom is 0.238 e. The molecule has 1 aliphatic heterocycles. The highest BCUT2D eigenvalue weighted by atomic mass is 32.2. The fourth-order valence-electron chi connectivity index (χ4n) is 3.01. The summed E-state index contributed by atoms with van der Waals surface area (Å²) in [6.45, 7) is 3.10. The van der Waals surface area contributed by atoms with Crippen LogP contribution >= 0.6 is 0 Å². The standard InChI is InChI=1S/C17H19FN2O3S/c1-12-9-13-10-16(24(19,21)22)5-6-17(13)20(12)7-8-23-15-4-2-3-14(18)11-15/h2-6,10-12H,7-9H2,1H3,(H2,19,21,22)/t12-/m1/s1. The van der Waals surface area contributed by atoms with Crippen molar-refractivity contribution in [3.05, 3.63) is 53.8 Å². The molecule has 2 N–H and O–H groups in total. The van der Waals surface area contributed by atoms with Crippen molar-refractivity contribution in [2.45, 2.75) is 24.3 Å². The van der Waals surface area contributed by atoms with Crippen molar-refractivity contribution in [1.82, 2.24) is 0 Å². The zero-order valence-electron chi connectivity index (χ0n) is 13.3. The molecule has 0 amide bonds. The molecule has 3 rings (SSSR count). The molecule has 2 aromatic carbocycles. The maximum absolute atomic E-state index is 13.1. The summed E-state index contributed by atoms with van der Waals surface area (Å²) >= 11 is 0. The molecule has 0 saturated heterocycles. The normalized spacial score (nSPS) is 17.0. The Labute approximate surface area is 140 Å². The van der Waals surface area contributed by atoms with Gasteiger partial charge in [-0.05, 0) is 49.2 Å². The van der Waals surface area contributed by atoms with Gasteiger partial charge in [-0.1, -0.05) is 6.07 Å². The molecule has 1 heterocycles. The van der Waals surface area contributed by atoms with E-state index in [0.717, 1.165) is 17.7 Å². The van der Waals surface area contributed by atoms with Gasteiger partial charge in [-0.15, -0.1) is 0 Å². The van der Waals surface area contributed by atoms with Crippen molar-refractivity contribution in [3.63, 3.8) is 0 Å². The number of hydrogen-bond donors (Lipinski definition) is 1. The first-order valence-electron chi connectivity index (χ1n) is 7.65. The lowest BCUT2D eigenvalue weighted by Crippen LogP contribution is -2.33. The van der Waals surface area contributed by atoms with Crippen LogP contribution in [0.15, 0.2) is 47.4 Å². The highest BCUT2D eigenvalue weighted by Crippen LogP contribution is 2.33. The molecule has 0 saturated carbocycles. The van der Waals surface area contributed by atoms with E-state index in [0.29, 0.717) is 18.9 Å². The fraction of sp³-hybridized carbons (Fsp3) is 0.294. The van der Waals surface area contributed by atoms with Crippen LogP contribution in [0.3, 0.4) is 0 Å². The summed E-state index contributed by atoms with van der Waals surface area (Å²) in [7, 11) is -3.70. The zero-order chi connectivity index (χ0) is 17.3. The first kappa shape index (κ1) is 16.7. The van der Waals surface area contributed by atoms with E-state index in [1.165, 1.54) is 18.2 Å². The van der Waals surface area contributed by atoms with Crippen molar-refractivity contribution in [2.75, 3.05) is 18.1 Å². The summed E-state index contributed by atoms with van der Waals surface area (Å²) < 4.78 is 41.7. The minimum Gasteiger partial charge on any atom is -0.492 e. The lowest BCUT2D eigenvalue weighted by molar-refractivity contribution is 0.319. The van der Waals surface area contributed by atoms with Crippen molar-refractivity contribution in [1.29, 1.82) is 0 Å². The van der Waals surface area contributed by atoms with Gasteiger partial charge in [0.15, 0.2) is 0 Å².